The maximum Gasteiger partial charge on any atom is 0.323 e. The molecule has 3 nitrogen and oxygen atoms in total. The van der Waals surface area contributed by atoms with E-state index < -0.39 is 11.5 Å². The monoisotopic (exact) mass is 235 g/mol. The predicted octanol–water partition coefficient (Wildman–Crippen LogP) is 2.37. The van der Waals surface area contributed by atoms with E-state index in [1.54, 1.807) is 6.92 Å². The number of carboxylic acid groups (broad SMARTS) is 1. The van der Waals surface area contributed by atoms with Gasteiger partial charge in [0.15, 0.2) is 0 Å². The Morgan fingerprint density at radius 1 is 1.47 bits per heavy atom. The molecule has 0 heterocycles. The van der Waals surface area contributed by atoms with Gasteiger partial charge in [0.2, 0.25) is 0 Å². The second-order valence-corrected chi connectivity index (χ2v) is 5.16. The number of aliphatic carboxylic acids is 1. The van der Waals surface area contributed by atoms with E-state index in [0.717, 1.165) is 6.42 Å². The number of hydrogen-bond acceptors (Lipinski definition) is 2. The highest BCUT2D eigenvalue weighted by Gasteiger charge is 2.29. The standard InChI is InChI=1S/C14H21NO2/c1-10(9-14(3,15)13(16)17)8-12-7-5-4-6-11(12)2/h4-7,10H,8-9,15H2,1-3H3,(H,16,17). The topological polar surface area (TPSA) is 63.3 Å². The van der Waals surface area contributed by atoms with Crippen LogP contribution >= 0.6 is 0 Å². The molecule has 2 atom stereocenters. The summed E-state index contributed by atoms with van der Waals surface area (Å²) in [5, 5.41) is 8.99. The van der Waals surface area contributed by atoms with E-state index in [0.29, 0.717) is 6.42 Å². The van der Waals surface area contributed by atoms with Gasteiger partial charge in [-0.3, -0.25) is 4.79 Å². The quantitative estimate of drug-likeness (QED) is 0.823. The molecule has 0 amide bonds. The number of nitrogens with two attached hydrogens (primary N) is 1. The second kappa shape index (κ2) is 5.32. The Morgan fingerprint density at radius 2 is 2.06 bits per heavy atom. The van der Waals surface area contributed by atoms with Crippen molar-refractivity contribution in [1.82, 2.24) is 0 Å². The fourth-order valence-electron chi connectivity index (χ4n) is 2.10. The first-order valence-electron chi connectivity index (χ1n) is 5.89. The van der Waals surface area contributed by atoms with E-state index in [4.69, 9.17) is 10.8 Å². The van der Waals surface area contributed by atoms with E-state index >= 15 is 0 Å². The number of rotatable bonds is 5. The molecule has 0 saturated heterocycles. The third-order valence-corrected chi connectivity index (χ3v) is 3.09. The molecule has 94 valence electrons. The lowest BCUT2D eigenvalue weighted by atomic mass is 9.86. The van der Waals surface area contributed by atoms with Crippen molar-refractivity contribution in [2.75, 3.05) is 0 Å². The lowest BCUT2D eigenvalue weighted by molar-refractivity contribution is -0.143. The minimum atomic E-state index is -1.14. The van der Waals surface area contributed by atoms with Crippen molar-refractivity contribution in [2.45, 2.75) is 39.2 Å². The fraction of sp³-hybridized carbons (Fsp3) is 0.500. The van der Waals surface area contributed by atoms with Crippen molar-refractivity contribution in [1.29, 1.82) is 0 Å². The number of carbonyl (C=O) groups is 1. The minimum absolute atomic E-state index is 0.252. The Labute approximate surface area is 103 Å². The lowest BCUT2D eigenvalue weighted by Crippen LogP contribution is -2.46. The van der Waals surface area contributed by atoms with Crippen LogP contribution in [0, 0.1) is 12.8 Å². The molecule has 0 aromatic heterocycles. The van der Waals surface area contributed by atoms with E-state index in [9.17, 15) is 4.79 Å². The summed E-state index contributed by atoms with van der Waals surface area (Å²) in [6.45, 7) is 5.69. The summed E-state index contributed by atoms with van der Waals surface area (Å²) >= 11 is 0. The van der Waals surface area contributed by atoms with Crippen molar-refractivity contribution in [3.63, 3.8) is 0 Å². The summed E-state index contributed by atoms with van der Waals surface area (Å²) in [6, 6.07) is 8.17. The minimum Gasteiger partial charge on any atom is -0.480 e. The van der Waals surface area contributed by atoms with Gasteiger partial charge in [-0.25, -0.2) is 0 Å². The fourth-order valence-corrected chi connectivity index (χ4v) is 2.10. The largest absolute Gasteiger partial charge is 0.480 e. The van der Waals surface area contributed by atoms with Crippen LogP contribution in [0.4, 0.5) is 0 Å². The first-order valence-corrected chi connectivity index (χ1v) is 5.89. The molecule has 0 spiro atoms. The Kier molecular flexibility index (Phi) is 4.29. The smallest absolute Gasteiger partial charge is 0.323 e. The predicted molar refractivity (Wildman–Crippen MR) is 68.9 cm³/mol. The van der Waals surface area contributed by atoms with Crippen LogP contribution in [0.25, 0.3) is 0 Å². The first-order chi connectivity index (χ1) is 7.83. The average Bonchev–Trinajstić information content (AvgIpc) is 2.20. The SMILES string of the molecule is Cc1ccccc1CC(C)CC(C)(N)C(=O)O. The molecule has 17 heavy (non-hydrogen) atoms. The van der Waals surface area contributed by atoms with Crippen LogP contribution in [0.2, 0.25) is 0 Å². The van der Waals surface area contributed by atoms with Crippen LogP contribution in [-0.2, 0) is 11.2 Å². The molecule has 1 aromatic rings. The van der Waals surface area contributed by atoms with Gasteiger partial charge < -0.3 is 10.8 Å². The van der Waals surface area contributed by atoms with Gasteiger partial charge in [0.05, 0.1) is 0 Å². The van der Waals surface area contributed by atoms with E-state index in [1.807, 2.05) is 19.1 Å². The van der Waals surface area contributed by atoms with Gasteiger partial charge >= 0.3 is 5.97 Å². The number of carboxylic acids is 1. The van der Waals surface area contributed by atoms with Gasteiger partial charge in [-0.2, -0.15) is 0 Å². The van der Waals surface area contributed by atoms with Gasteiger partial charge in [-0.15, -0.1) is 0 Å². The molecule has 0 aliphatic rings. The van der Waals surface area contributed by atoms with Crippen LogP contribution in [0.3, 0.4) is 0 Å². The summed E-state index contributed by atoms with van der Waals surface area (Å²) < 4.78 is 0. The summed E-state index contributed by atoms with van der Waals surface area (Å²) in [5.74, 6) is -0.684. The molecule has 3 heteroatoms. The molecule has 0 aliphatic carbocycles. The molecule has 1 aromatic carbocycles. The summed E-state index contributed by atoms with van der Waals surface area (Å²) in [4.78, 5) is 11.0. The maximum atomic E-state index is 11.0. The van der Waals surface area contributed by atoms with Crippen molar-refractivity contribution >= 4 is 5.97 Å². The van der Waals surface area contributed by atoms with Crippen LogP contribution < -0.4 is 5.73 Å². The van der Waals surface area contributed by atoms with Crippen LogP contribution in [0.5, 0.6) is 0 Å². The molecule has 0 radical (unpaired) electrons. The highest BCUT2D eigenvalue weighted by Crippen LogP contribution is 2.20. The van der Waals surface area contributed by atoms with Crippen LogP contribution in [0.1, 0.15) is 31.4 Å². The van der Waals surface area contributed by atoms with Crippen molar-refractivity contribution < 1.29 is 9.90 Å². The van der Waals surface area contributed by atoms with Crippen LogP contribution in [0.15, 0.2) is 24.3 Å². The summed E-state index contributed by atoms with van der Waals surface area (Å²) in [5.41, 5.74) is 7.12. The summed E-state index contributed by atoms with van der Waals surface area (Å²) in [7, 11) is 0. The first kappa shape index (κ1) is 13.7. The van der Waals surface area contributed by atoms with E-state index in [2.05, 4.69) is 19.1 Å². The molecule has 0 fully saturated rings. The molecule has 0 aliphatic heterocycles. The van der Waals surface area contributed by atoms with Crippen molar-refractivity contribution in [3.05, 3.63) is 35.4 Å². The van der Waals surface area contributed by atoms with E-state index in [1.165, 1.54) is 11.1 Å². The van der Waals surface area contributed by atoms with Gasteiger partial charge in [0.25, 0.3) is 0 Å². The molecular weight excluding hydrogens is 214 g/mol. The molecule has 3 N–H and O–H groups in total. The number of hydrogen-bond donors (Lipinski definition) is 2. The molecule has 0 saturated carbocycles. The average molecular weight is 235 g/mol. The number of aryl methyl sites for hydroxylation is 1. The van der Waals surface area contributed by atoms with Gasteiger partial charge in [-0.1, -0.05) is 31.2 Å². The Morgan fingerprint density at radius 3 is 2.59 bits per heavy atom. The highest BCUT2D eigenvalue weighted by atomic mass is 16.4. The molecule has 1 rings (SSSR count). The van der Waals surface area contributed by atoms with Gasteiger partial charge in [0.1, 0.15) is 5.54 Å². The third-order valence-electron chi connectivity index (χ3n) is 3.09. The molecular formula is C14H21NO2. The zero-order valence-corrected chi connectivity index (χ0v) is 10.7. The molecule has 0 bridgehead atoms. The van der Waals surface area contributed by atoms with Crippen molar-refractivity contribution in [3.8, 4) is 0 Å². The summed E-state index contributed by atoms with van der Waals surface area (Å²) in [6.07, 6.45) is 1.35. The van der Waals surface area contributed by atoms with Crippen LogP contribution in [-0.4, -0.2) is 16.6 Å². The maximum absolute atomic E-state index is 11.0. The lowest BCUT2D eigenvalue weighted by Gasteiger charge is -2.23. The zero-order valence-electron chi connectivity index (χ0n) is 10.7. The Hall–Kier alpha value is -1.35. The van der Waals surface area contributed by atoms with Crippen molar-refractivity contribution in [2.24, 2.45) is 11.7 Å². The Balaban J connectivity index is 2.65. The zero-order chi connectivity index (χ0) is 13.1. The Bertz CT molecular complexity index is 399. The molecule has 2 unspecified atom stereocenters. The van der Waals surface area contributed by atoms with Gasteiger partial charge in [0, 0.05) is 0 Å². The highest BCUT2D eigenvalue weighted by molar-refractivity contribution is 5.77. The number of benzene rings is 1. The second-order valence-electron chi connectivity index (χ2n) is 5.16. The van der Waals surface area contributed by atoms with E-state index in [-0.39, 0.29) is 5.92 Å². The third kappa shape index (κ3) is 3.86. The normalized spacial score (nSPS) is 16.2. The van der Waals surface area contributed by atoms with Gasteiger partial charge in [-0.05, 0) is 43.7 Å².